The standard InChI is InChI=1S/C28H32ClFN4O/c1-18-16-34(21-9-10-21)26-22(28(18)35)15-23(30)27(25(26)29)33-14-11-31-24(17-33)19-5-7-20(8-6-19)32-12-3-2-4-13-32/h5-8,15-16,21,24,31H,2-4,9-14,17H2,1H3. The summed E-state index contributed by atoms with van der Waals surface area (Å²) in [6.45, 7) is 6.04. The molecule has 3 aliphatic rings. The number of aryl methyl sites for hydroxylation is 1. The highest BCUT2D eigenvalue weighted by Crippen LogP contribution is 2.42. The molecule has 2 aliphatic heterocycles. The summed E-state index contributed by atoms with van der Waals surface area (Å²) in [5.74, 6) is -0.423. The molecule has 2 saturated heterocycles. The van der Waals surface area contributed by atoms with Gasteiger partial charge in [0.05, 0.1) is 21.6 Å². The summed E-state index contributed by atoms with van der Waals surface area (Å²) in [5, 5.41) is 4.32. The highest BCUT2D eigenvalue weighted by Gasteiger charge is 2.30. The molecular formula is C28H32ClFN4O. The minimum atomic E-state index is -0.423. The third-order valence-electron chi connectivity index (χ3n) is 7.81. The largest absolute Gasteiger partial charge is 0.372 e. The second-order valence-electron chi connectivity index (χ2n) is 10.3. The van der Waals surface area contributed by atoms with Crippen molar-refractivity contribution < 1.29 is 4.39 Å². The van der Waals surface area contributed by atoms with Crippen LogP contribution in [-0.4, -0.2) is 37.3 Å². The van der Waals surface area contributed by atoms with E-state index in [1.807, 2.05) is 11.1 Å². The first-order valence-electron chi connectivity index (χ1n) is 12.9. The van der Waals surface area contributed by atoms with E-state index in [1.54, 1.807) is 6.92 Å². The summed E-state index contributed by atoms with van der Waals surface area (Å²) in [6.07, 6.45) is 7.84. The van der Waals surface area contributed by atoms with E-state index >= 15 is 4.39 Å². The number of nitrogens with zero attached hydrogens (tertiary/aromatic N) is 3. The summed E-state index contributed by atoms with van der Waals surface area (Å²) in [5.41, 5.74) is 4.03. The summed E-state index contributed by atoms with van der Waals surface area (Å²) >= 11 is 6.91. The first-order valence-corrected chi connectivity index (χ1v) is 13.3. The van der Waals surface area contributed by atoms with Crippen LogP contribution in [0.2, 0.25) is 5.02 Å². The minimum absolute atomic E-state index is 0.0777. The molecule has 1 saturated carbocycles. The molecule has 1 aliphatic carbocycles. The number of hydrogen-bond donors (Lipinski definition) is 1. The number of pyridine rings is 1. The monoisotopic (exact) mass is 494 g/mol. The van der Waals surface area contributed by atoms with Crippen LogP contribution < -0.4 is 20.5 Å². The first-order chi connectivity index (χ1) is 17.0. The van der Waals surface area contributed by atoms with Gasteiger partial charge in [0.15, 0.2) is 5.43 Å². The van der Waals surface area contributed by atoms with Gasteiger partial charge in [0.2, 0.25) is 0 Å². The van der Waals surface area contributed by atoms with Gasteiger partial charge in [-0.3, -0.25) is 4.79 Å². The van der Waals surface area contributed by atoms with Gasteiger partial charge in [-0.2, -0.15) is 0 Å². The second-order valence-corrected chi connectivity index (χ2v) is 10.7. The number of benzene rings is 2. The Hall–Kier alpha value is -2.57. The summed E-state index contributed by atoms with van der Waals surface area (Å²) in [6, 6.07) is 10.6. The Kier molecular flexibility index (Phi) is 5.97. The van der Waals surface area contributed by atoms with E-state index in [1.165, 1.54) is 36.6 Å². The van der Waals surface area contributed by atoms with Crippen LogP contribution in [0.4, 0.5) is 15.8 Å². The summed E-state index contributed by atoms with van der Waals surface area (Å²) in [7, 11) is 0. The van der Waals surface area contributed by atoms with Crippen molar-refractivity contribution in [3.8, 4) is 0 Å². The van der Waals surface area contributed by atoms with Gasteiger partial charge in [-0.05, 0) is 62.8 Å². The van der Waals surface area contributed by atoms with Crippen molar-refractivity contribution in [1.82, 2.24) is 9.88 Å². The van der Waals surface area contributed by atoms with Crippen LogP contribution in [0.25, 0.3) is 10.9 Å². The number of rotatable bonds is 4. The van der Waals surface area contributed by atoms with Gasteiger partial charge in [0.25, 0.3) is 0 Å². The van der Waals surface area contributed by atoms with E-state index in [0.29, 0.717) is 46.3 Å². The van der Waals surface area contributed by atoms with Gasteiger partial charge < -0.3 is 19.7 Å². The van der Waals surface area contributed by atoms with Crippen molar-refractivity contribution in [2.24, 2.45) is 0 Å². The molecule has 0 spiro atoms. The zero-order chi connectivity index (χ0) is 24.1. The van der Waals surface area contributed by atoms with Crippen molar-refractivity contribution in [3.05, 3.63) is 68.7 Å². The Bertz CT molecular complexity index is 1310. The van der Waals surface area contributed by atoms with Gasteiger partial charge in [-0.1, -0.05) is 23.7 Å². The third kappa shape index (κ3) is 4.21. The van der Waals surface area contributed by atoms with E-state index in [9.17, 15) is 4.79 Å². The quantitative estimate of drug-likeness (QED) is 0.514. The van der Waals surface area contributed by atoms with Crippen molar-refractivity contribution in [2.75, 3.05) is 42.5 Å². The molecule has 1 unspecified atom stereocenters. The number of nitrogens with one attached hydrogen (secondary N) is 1. The zero-order valence-corrected chi connectivity index (χ0v) is 21.0. The highest BCUT2D eigenvalue weighted by molar-refractivity contribution is 6.38. The fourth-order valence-electron chi connectivity index (χ4n) is 5.74. The molecule has 5 nitrogen and oxygen atoms in total. The molecule has 35 heavy (non-hydrogen) atoms. The predicted molar refractivity (Wildman–Crippen MR) is 142 cm³/mol. The number of anilines is 2. The topological polar surface area (TPSA) is 40.5 Å². The Morgan fingerprint density at radius 2 is 1.77 bits per heavy atom. The molecule has 7 heteroatoms. The fraction of sp³-hybridized carbons (Fsp3) is 0.464. The molecule has 1 atom stereocenters. The van der Waals surface area contributed by atoms with Crippen molar-refractivity contribution in [2.45, 2.75) is 51.1 Å². The van der Waals surface area contributed by atoms with E-state index in [2.05, 4.69) is 39.0 Å². The summed E-state index contributed by atoms with van der Waals surface area (Å²) < 4.78 is 17.6. The number of piperidine rings is 1. The molecule has 184 valence electrons. The smallest absolute Gasteiger partial charge is 0.192 e. The van der Waals surface area contributed by atoms with Crippen LogP contribution in [-0.2, 0) is 0 Å². The van der Waals surface area contributed by atoms with Crippen molar-refractivity contribution >= 4 is 33.9 Å². The minimum Gasteiger partial charge on any atom is -0.372 e. The molecule has 0 radical (unpaired) electrons. The number of fused-ring (bicyclic) bond motifs is 1. The molecule has 6 rings (SSSR count). The average molecular weight is 495 g/mol. The van der Waals surface area contributed by atoms with Crippen LogP contribution in [0.15, 0.2) is 41.3 Å². The SMILES string of the molecule is Cc1cn(C2CC2)c2c(Cl)c(N3CCNC(c4ccc(N5CCCCC5)cc4)C3)c(F)cc2c1=O. The maximum atomic E-state index is 15.5. The van der Waals surface area contributed by atoms with Gasteiger partial charge in [-0.25, -0.2) is 4.39 Å². The summed E-state index contributed by atoms with van der Waals surface area (Å²) in [4.78, 5) is 17.3. The third-order valence-corrected chi connectivity index (χ3v) is 8.17. The molecule has 2 aromatic carbocycles. The van der Waals surface area contributed by atoms with E-state index < -0.39 is 5.82 Å². The number of halogens is 2. The molecule has 0 bridgehead atoms. The van der Waals surface area contributed by atoms with Crippen molar-refractivity contribution in [3.63, 3.8) is 0 Å². The Balaban J connectivity index is 1.32. The van der Waals surface area contributed by atoms with E-state index in [4.69, 9.17) is 11.6 Å². The molecule has 3 aromatic rings. The number of hydrogen-bond acceptors (Lipinski definition) is 4. The Morgan fingerprint density at radius 3 is 2.49 bits per heavy atom. The van der Waals surface area contributed by atoms with E-state index in [0.717, 1.165) is 32.5 Å². The lowest BCUT2D eigenvalue weighted by Gasteiger charge is -2.36. The van der Waals surface area contributed by atoms with Crippen LogP contribution in [0.3, 0.4) is 0 Å². The first kappa shape index (κ1) is 22.9. The van der Waals surface area contributed by atoms with Crippen LogP contribution in [0, 0.1) is 12.7 Å². The van der Waals surface area contributed by atoms with Gasteiger partial charge in [0.1, 0.15) is 5.82 Å². The van der Waals surface area contributed by atoms with Gasteiger partial charge in [-0.15, -0.1) is 0 Å². The zero-order valence-electron chi connectivity index (χ0n) is 20.2. The molecule has 0 amide bonds. The van der Waals surface area contributed by atoms with Crippen LogP contribution in [0.1, 0.15) is 55.3 Å². The lowest BCUT2D eigenvalue weighted by Crippen LogP contribution is -2.46. The maximum Gasteiger partial charge on any atom is 0.192 e. The van der Waals surface area contributed by atoms with Crippen LogP contribution in [0.5, 0.6) is 0 Å². The predicted octanol–water partition coefficient (Wildman–Crippen LogP) is 5.58. The van der Waals surface area contributed by atoms with E-state index in [-0.39, 0.29) is 11.5 Å². The molecule has 3 fully saturated rings. The fourth-order valence-corrected chi connectivity index (χ4v) is 6.15. The van der Waals surface area contributed by atoms with Crippen molar-refractivity contribution in [1.29, 1.82) is 0 Å². The Labute approximate surface area is 210 Å². The lowest BCUT2D eigenvalue weighted by molar-refractivity contribution is 0.466. The highest BCUT2D eigenvalue weighted by atomic mass is 35.5. The number of aromatic nitrogens is 1. The van der Waals surface area contributed by atoms with Crippen LogP contribution >= 0.6 is 11.6 Å². The number of piperazine rings is 1. The average Bonchev–Trinajstić information content (AvgIpc) is 3.73. The molecular weight excluding hydrogens is 463 g/mol. The second kappa shape index (κ2) is 9.14. The molecule has 1 N–H and O–H groups in total. The lowest BCUT2D eigenvalue weighted by atomic mass is 10.0. The molecule has 3 heterocycles. The maximum absolute atomic E-state index is 15.5. The Morgan fingerprint density at radius 1 is 1.03 bits per heavy atom. The molecule has 1 aromatic heterocycles. The van der Waals surface area contributed by atoms with Gasteiger partial charge >= 0.3 is 0 Å². The normalized spacial score (nSPS) is 21.1. The van der Waals surface area contributed by atoms with Gasteiger partial charge in [0, 0.05) is 62.3 Å².